The van der Waals surface area contributed by atoms with Gasteiger partial charge in [0.05, 0.1) is 12.5 Å². The normalized spacial score (nSPS) is 11.5. The molecule has 0 saturated heterocycles. The predicted molar refractivity (Wildman–Crippen MR) is 112 cm³/mol. The summed E-state index contributed by atoms with van der Waals surface area (Å²) < 4.78 is 39.2. The molecule has 30 heavy (non-hydrogen) atoms. The molecular weight excluding hydrogens is 404 g/mol. The summed E-state index contributed by atoms with van der Waals surface area (Å²) in [6.07, 6.45) is 1.57. The maximum Gasteiger partial charge on any atom is 0.260 e. The van der Waals surface area contributed by atoms with Crippen LogP contribution in [0.5, 0.6) is 11.5 Å². The Bertz CT molecular complexity index is 1260. The van der Waals surface area contributed by atoms with Gasteiger partial charge in [-0.25, -0.2) is 18.1 Å². The SMILES string of the molecule is COc1cc(CNS(=O)(=O)c2n[nH]c3ncccc23)ccc1OCc1ccccc1. The third kappa shape index (κ3) is 4.27. The summed E-state index contributed by atoms with van der Waals surface area (Å²) >= 11 is 0. The number of fused-ring (bicyclic) bond motifs is 1. The fourth-order valence-electron chi connectivity index (χ4n) is 2.96. The molecular formula is C21H20N4O4S. The van der Waals surface area contributed by atoms with E-state index in [2.05, 4.69) is 19.9 Å². The van der Waals surface area contributed by atoms with Crippen molar-refractivity contribution in [1.82, 2.24) is 19.9 Å². The molecule has 0 fully saturated rings. The molecule has 8 nitrogen and oxygen atoms in total. The molecule has 154 valence electrons. The van der Waals surface area contributed by atoms with Crippen LogP contribution in [0.15, 0.2) is 71.9 Å². The second-order valence-electron chi connectivity index (χ2n) is 6.51. The molecule has 0 aliphatic heterocycles. The first-order valence-corrected chi connectivity index (χ1v) is 10.7. The number of benzene rings is 2. The highest BCUT2D eigenvalue weighted by atomic mass is 32.2. The highest BCUT2D eigenvalue weighted by Gasteiger charge is 2.21. The first kappa shape index (κ1) is 19.9. The number of hydrogen-bond donors (Lipinski definition) is 2. The van der Waals surface area contributed by atoms with Gasteiger partial charge in [-0.1, -0.05) is 36.4 Å². The molecule has 9 heteroatoms. The van der Waals surface area contributed by atoms with Gasteiger partial charge in [0, 0.05) is 12.7 Å². The molecule has 0 atom stereocenters. The highest BCUT2D eigenvalue weighted by Crippen LogP contribution is 2.29. The van der Waals surface area contributed by atoms with Crippen molar-refractivity contribution in [2.45, 2.75) is 18.2 Å². The van der Waals surface area contributed by atoms with Gasteiger partial charge in [0.1, 0.15) is 6.61 Å². The van der Waals surface area contributed by atoms with Crippen LogP contribution in [0.25, 0.3) is 11.0 Å². The minimum absolute atomic E-state index is 0.0757. The van der Waals surface area contributed by atoms with Crippen molar-refractivity contribution >= 4 is 21.1 Å². The molecule has 2 aromatic heterocycles. The molecule has 0 unspecified atom stereocenters. The van der Waals surface area contributed by atoms with E-state index in [1.807, 2.05) is 30.3 Å². The quantitative estimate of drug-likeness (QED) is 0.450. The van der Waals surface area contributed by atoms with Crippen LogP contribution in [0, 0.1) is 0 Å². The van der Waals surface area contributed by atoms with Crippen molar-refractivity contribution in [2.24, 2.45) is 0 Å². The van der Waals surface area contributed by atoms with Crippen molar-refractivity contribution in [2.75, 3.05) is 7.11 Å². The number of nitrogens with zero attached hydrogens (tertiary/aromatic N) is 2. The zero-order valence-corrected chi connectivity index (χ0v) is 17.0. The van der Waals surface area contributed by atoms with Crippen LogP contribution in [0.2, 0.25) is 0 Å². The maximum absolute atomic E-state index is 12.7. The van der Waals surface area contributed by atoms with Gasteiger partial charge in [-0.15, -0.1) is 0 Å². The standard InChI is InChI=1S/C21H20N4O4S/c1-28-19-12-16(9-10-18(19)29-14-15-6-3-2-4-7-15)13-23-30(26,27)21-17-8-5-11-22-20(17)24-25-21/h2-12,23H,13-14H2,1H3,(H,22,24,25). The summed E-state index contributed by atoms with van der Waals surface area (Å²) in [6, 6.07) is 18.4. The van der Waals surface area contributed by atoms with Crippen LogP contribution in [0.1, 0.15) is 11.1 Å². The summed E-state index contributed by atoms with van der Waals surface area (Å²) in [5.41, 5.74) is 2.18. The molecule has 4 rings (SSSR count). The Morgan fingerprint density at radius 3 is 2.63 bits per heavy atom. The third-order valence-electron chi connectivity index (χ3n) is 4.49. The lowest BCUT2D eigenvalue weighted by atomic mass is 10.2. The van der Waals surface area contributed by atoms with Crippen molar-refractivity contribution in [3.63, 3.8) is 0 Å². The number of methoxy groups -OCH3 is 1. The number of H-pyrrole nitrogens is 1. The van der Waals surface area contributed by atoms with Crippen molar-refractivity contribution < 1.29 is 17.9 Å². The summed E-state index contributed by atoms with van der Waals surface area (Å²) in [4.78, 5) is 4.06. The van der Waals surface area contributed by atoms with Gasteiger partial charge in [0.25, 0.3) is 10.0 Å². The third-order valence-corrected chi connectivity index (χ3v) is 5.83. The number of rotatable bonds is 8. The summed E-state index contributed by atoms with van der Waals surface area (Å²) in [6.45, 7) is 0.482. The minimum Gasteiger partial charge on any atom is -0.493 e. The molecule has 2 N–H and O–H groups in total. The van der Waals surface area contributed by atoms with E-state index in [0.717, 1.165) is 11.1 Å². The zero-order valence-electron chi connectivity index (χ0n) is 16.2. The number of nitrogens with one attached hydrogen (secondary N) is 2. The van der Waals surface area contributed by atoms with Gasteiger partial charge in [-0.3, -0.25) is 5.10 Å². The van der Waals surface area contributed by atoms with Crippen molar-refractivity contribution in [1.29, 1.82) is 0 Å². The lowest BCUT2D eigenvalue weighted by Gasteiger charge is -2.13. The van der Waals surface area contributed by atoms with Gasteiger partial charge < -0.3 is 9.47 Å². The van der Waals surface area contributed by atoms with Crippen molar-refractivity contribution in [3.8, 4) is 11.5 Å². The summed E-state index contributed by atoms with van der Waals surface area (Å²) in [7, 11) is -2.28. The van der Waals surface area contributed by atoms with E-state index in [-0.39, 0.29) is 11.6 Å². The molecule has 0 amide bonds. The summed E-state index contributed by atoms with van der Waals surface area (Å²) in [5.74, 6) is 1.11. The largest absolute Gasteiger partial charge is 0.493 e. The number of hydrogen-bond acceptors (Lipinski definition) is 6. The molecule has 0 aliphatic rings. The second-order valence-corrected chi connectivity index (χ2v) is 8.19. The predicted octanol–water partition coefficient (Wildman–Crippen LogP) is 3.02. The molecule has 0 aliphatic carbocycles. The monoisotopic (exact) mass is 424 g/mol. The fourth-order valence-corrected chi connectivity index (χ4v) is 4.07. The Labute approximate surface area is 173 Å². The molecule has 0 bridgehead atoms. The number of ether oxygens (including phenoxy) is 2. The lowest BCUT2D eigenvalue weighted by molar-refractivity contribution is 0.284. The number of aromatic nitrogens is 3. The van der Waals surface area contributed by atoms with Gasteiger partial charge in [0.2, 0.25) is 5.03 Å². The fraction of sp³-hybridized carbons (Fsp3) is 0.143. The lowest BCUT2D eigenvalue weighted by Crippen LogP contribution is -2.23. The number of aromatic amines is 1. The van der Waals surface area contributed by atoms with E-state index >= 15 is 0 Å². The summed E-state index contributed by atoms with van der Waals surface area (Å²) in [5, 5.41) is 6.88. The Balaban J connectivity index is 1.47. The first-order chi connectivity index (χ1) is 14.6. The Hall–Kier alpha value is -3.43. The van der Waals surface area contributed by atoms with Gasteiger partial charge >= 0.3 is 0 Å². The minimum atomic E-state index is -3.82. The van der Waals surface area contributed by atoms with Gasteiger partial charge in [0.15, 0.2) is 17.1 Å². The van der Waals surface area contributed by atoms with E-state index < -0.39 is 10.0 Å². The Morgan fingerprint density at radius 2 is 1.83 bits per heavy atom. The average molecular weight is 424 g/mol. The van der Waals surface area contributed by atoms with Crippen molar-refractivity contribution in [3.05, 3.63) is 78.0 Å². The van der Waals surface area contributed by atoms with E-state index in [1.54, 1.807) is 43.6 Å². The van der Waals surface area contributed by atoms with Crippen LogP contribution in [-0.2, 0) is 23.2 Å². The molecule has 0 spiro atoms. The molecule has 0 saturated carbocycles. The molecule has 2 aromatic carbocycles. The molecule has 2 heterocycles. The Morgan fingerprint density at radius 1 is 1.00 bits per heavy atom. The molecule has 0 radical (unpaired) electrons. The van der Waals surface area contributed by atoms with E-state index in [0.29, 0.717) is 29.1 Å². The second kappa shape index (κ2) is 8.52. The maximum atomic E-state index is 12.7. The number of sulfonamides is 1. The topological polar surface area (TPSA) is 106 Å². The zero-order chi connectivity index (χ0) is 21.0. The van der Waals surface area contributed by atoms with E-state index in [4.69, 9.17) is 9.47 Å². The Kier molecular flexibility index (Phi) is 5.64. The van der Waals surface area contributed by atoms with Crippen LogP contribution < -0.4 is 14.2 Å². The van der Waals surface area contributed by atoms with Crippen LogP contribution in [0.4, 0.5) is 0 Å². The van der Waals surface area contributed by atoms with Crippen LogP contribution in [0.3, 0.4) is 0 Å². The van der Waals surface area contributed by atoms with Gasteiger partial charge in [-0.05, 0) is 35.4 Å². The smallest absolute Gasteiger partial charge is 0.260 e. The van der Waals surface area contributed by atoms with E-state index in [1.165, 1.54) is 0 Å². The first-order valence-electron chi connectivity index (χ1n) is 9.19. The van der Waals surface area contributed by atoms with Crippen LogP contribution in [-0.4, -0.2) is 30.7 Å². The van der Waals surface area contributed by atoms with E-state index in [9.17, 15) is 8.42 Å². The van der Waals surface area contributed by atoms with Gasteiger partial charge in [-0.2, -0.15) is 5.10 Å². The number of pyridine rings is 1. The van der Waals surface area contributed by atoms with Crippen LogP contribution >= 0.6 is 0 Å². The highest BCUT2D eigenvalue weighted by molar-refractivity contribution is 7.89. The molecule has 4 aromatic rings. The average Bonchev–Trinajstić information content (AvgIpc) is 3.22.